The van der Waals surface area contributed by atoms with Crippen molar-refractivity contribution in [3.05, 3.63) is 54.2 Å². The number of pyridine rings is 2. The molecule has 1 saturated carbocycles. The summed E-state index contributed by atoms with van der Waals surface area (Å²) in [4.78, 5) is 34.4. The molecule has 0 bridgehead atoms. The predicted octanol–water partition coefficient (Wildman–Crippen LogP) is 5.14. The summed E-state index contributed by atoms with van der Waals surface area (Å²) in [7, 11) is 1.61. The van der Waals surface area contributed by atoms with Crippen molar-refractivity contribution in [2.75, 3.05) is 23.5 Å². The maximum atomic E-state index is 12.8. The molecule has 2 amide bonds. The van der Waals surface area contributed by atoms with Gasteiger partial charge in [-0.3, -0.25) is 14.6 Å². The van der Waals surface area contributed by atoms with Crippen LogP contribution >= 0.6 is 11.8 Å². The number of carbonyl (C=O) groups is 2. The molecule has 1 aromatic carbocycles. The highest BCUT2D eigenvalue weighted by Crippen LogP contribution is 2.35. The molecule has 174 valence electrons. The highest BCUT2D eigenvalue weighted by molar-refractivity contribution is 8.00. The summed E-state index contributed by atoms with van der Waals surface area (Å²) >= 11 is 1.51. The molecular formula is C26H26N4O3S. The first kappa shape index (κ1) is 22.4. The van der Waals surface area contributed by atoms with Crippen molar-refractivity contribution >= 4 is 52.1 Å². The van der Waals surface area contributed by atoms with Gasteiger partial charge in [0, 0.05) is 34.3 Å². The quantitative estimate of drug-likeness (QED) is 0.532. The normalized spacial score (nSPS) is 20.1. The number of rotatable bonds is 5. The van der Waals surface area contributed by atoms with Gasteiger partial charge in [0.15, 0.2) is 0 Å². The Kier molecular flexibility index (Phi) is 6.49. The predicted molar refractivity (Wildman–Crippen MR) is 135 cm³/mol. The molecule has 2 aliphatic rings. The second-order valence-corrected chi connectivity index (χ2v) is 9.65. The molecule has 2 N–H and O–H groups in total. The summed E-state index contributed by atoms with van der Waals surface area (Å²) in [6.07, 6.45) is 9.76. The molecule has 1 aliphatic carbocycles. The maximum Gasteiger partial charge on any atom is 0.234 e. The lowest BCUT2D eigenvalue weighted by molar-refractivity contribution is -0.121. The Morgan fingerprint density at radius 1 is 1.18 bits per heavy atom. The van der Waals surface area contributed by atoms with Crippen molar-refractivity contribution in [2.24, 2.45) is 11.8 Å². The molecule has 7 nitrogen and oxygen atoms in total. The van der Waals surface area contributed by atoms with E-state index in [1.54, 1.807) is 13.3 Å². The number of ether oxygens (including phenoxy) is 1. The van der Waals surface area contributed by atoms with E-state index in [0.29, 0.717) is 17.6 Å². The van der Waals surface area contributed by atoms with Crippen molar-refractivity contribution in [3.8, 4) is 5.88 Å². The van der Waals surface area contributed by atoms with E-state index < -0.39 is 0 Å². The first-order valence-electron chi connectivity index (χ1n) is 11.4. The summed E-state index contributed by atoms with van der Waals surface area (Å²) in [5, 5.41) is 5.91. The summed E-state index contributed by atoms with van der Waals surface area (Å²) < 4.78 is 5.26. The van der Waals surface area contributed by atoms with Crippen LogP contribution in [0.15, 0.2) is 53.6 Å². The Balaban J connectivity index is 1.19. The number of fused-ring (bicyclic) bond motifs is 2. The highest BCUT2D eigenvalue weighted by Gasteiger charge is 2.26. The molecule has 0 saturated heterocycles. The van der Waals surface area contributed by atoms with E-state index in [2.05, 4.69) is 32.8 Å². The Hall–Kier alpha value is -3.39. The summed E-state index contributed by atoms with van der Waals surface area (Å²) in [6.45, 7) is 0. The van der Waals surface area contributed by atoms with Gasteiger partial charge in [0.05, 0.1) is 29.6 Å². The first-order chi connectivity index (χ1) is 16.6. The van der Waals surface area contributed by atoms with E-state index >= 15 is 0 Å². The highest BCUT2D eigenvalue weighted by atomic mass is 32.2. The molecule has 3 aromatic rings. The molecule has 1 aliphatic heterocycles. The Bertz CT molecular complexity index is 1270. The fourth-order valence-corrected chi connectivity index (χ4v) is 5.28. The van der Waals surface area contributed by atoms with Gasteiger partial charge in [0.25, 0.3) is 0 Å². The van der Waals surface area contributed by atoms with Crippen LogP contribution in [0.3, 0.4) is 0 Å². The number of hydrogen-bond donors (Lipinski definition) is 2. The number of anilines is 2. The number of allylic oxidation sites excluding steroid dienone is 1. The van der Waals surface area contributed by atoms with Gasteiger partial charge in [-0.2, -0.15) is 0 Å². The number of nitrogens with zero attached hydrogens (tertiary/aromatic N) is 2. The number of amides is 2. The Labute approximate surface area is 202 Å². The minimum Gasteiger partial charge on any atom is -0.481 e. The third-order valence-electron chi connectivity index (χ3n) is 6.37. The van der Waals surface area contributed by atoms with Gasteiger partial charge in [-0.05, 0) is 61.9 Å². The molecule has 5 rings (SSSR count). The van der Waals surface area contributed by atoms with E-state index in [9.17, 15) is 9.59 Å². The SMILES string of the molecule is COc1ccc2nccc(/C=C/C3CCC(C(=O)Nc4ccc5c(c4)NC(=O)CS5)CC3)c2n1. The largest absolute Gasteiger partial charge is 0.481 e. The molecule has 0 unspecified atom stereocenters. The second-order valence-electron chi connectivity index (χ2n) is 8.63. The molecule has 2 aromatic heterocycles. The van der Waals surface area contributed by atoms with Gasteiger partial charge >= 0.3 is 0 Å². The van der Waals surface area contributed by atoms with Crippen LogP contribution in [-0.2, 0) is 9.59 Å². The average molecular weight is 475 g/mol. The number of nitrogens with one attached hydrogen (secondary N) is 2. The molecule has 0 radical (unpaired) electrons. The van der Waals surface area contributed by atoms with Gasteiger partial charge in [-0.25, -0.2) is 4.98 Å². The number of aromatic nitrogens is 2. The van der Waals surface area contributed by atoms with Gasteiger partial charge in [0.1, 0.15) is 0 Å². The molecule has 0 atom stereocenters. The van der Waals surface area contributed by atoms with Crippen molar-refractivity contribution in [2.45, 2.75) is 30.6 Å². The number of methoxy groups -OCH3 is 1. The van der Waals surface area contributed by atoms with Gasteiger partial charge < -0.3 is 15.4 Å². The zero-order chi connectivity index (χ0) is 23.5. The van der Waals surface area contributed by atoms with E-state index in [-0.39, 0.29) is 17.7 Å². The van der Waals surface area contributed by atoms with Gasteiger partial charge in [-0.1, -0.05) is 12.2 Å². The topological polar surface area (TPSA) is 93.2 Å². The minimum atomic E-state index is -0.0120. The van der Waals surface area contributed by atoms with Crippen LogP contribution in [0.4, 0.5) is 11.4 Å². The number of carbonyl (C=O) groups excluding carboxylic acids is 2. The van der Waals surface area contributed by atoms with Crippen LogP contribution in [0.5, 0.6) is 5.88 Å². The van der Waals surface area contributed by atoms with E-state index in [1.165, 1.54) is 11.8 Å². The fourth-order valence-electron chi connectivity index (χ4n) is 4.49. The molecule has 1 fully saturated rings. The maximum absolute atomic E-state index is 12.8. The van der Waals surface area contributed by atoms with E-state index in [0.717, 1.165) is 58.6 Å². The van der Waals surface area contributed by atoms with Crippen LogP contribution in [-0.4, -0.2) is 34.6 Å². The summed E-state index contributed by atoms with van der Waals surface area (Å²) in [6, 6.07) is 11.4. The van der Waals surface area contributed by atoms with E-state index in [1.807, 2.05) is 36.4 Å². The lowest BCUT2D eigenvalue weighted by atomic mass is 9.81. The van der Waals surface area contributed by atoms with Gasteiger partial charge in [-0.15, -0.1) is 11.8 Å². The monoisotopic (exact) mass is 474 g/mol. The minimum absolute atomic E-state index is 0.00247. The van der Waals surface area contributed by atoms with Crippen LogP contribution in [0.25, 0.3) is 17.1 Å². The molecular weight excluding hydrogens is 448 g/mol. The van der Waals surface area contributed by atoms with Crippen molar-refractivity contribution in [1.82, 2.24) is 9.97 Å². The Morgan fingerprint density at radius 2 is 2.03 bits per heavy atom. The van der Waals surface area contributed by atoms with Crippen molar-refractivity contribution in [1.29, 1.82) is 0 Å². The average Bonchev–Trinajstić information content (AvgIpc) is 2.87. The second kappa shape index (κ2) is 9.85. The standard InChI is InChI=1S/C26H26N4O3S/c1-33-24-11-9-20-25(30-24)17(12-13-27-20)5-2-16-3-6-18(7-4-16)26(32)28-19-8-10-22-21(14-19)29-23(31)15-34-22/h2,5,8-14,16,18H,3-4,6-7,15H2,1H3,(H,28,32)(H,29,31)/b5-2+. The smallest absolute Gasteiger partial charge is 0.234 e. The third kappa shape index (κ3) is 4.92. The molecule has 34 heavy (non-hydrogen) atoms. The van der Waals surface area contributed by atoms with E-state index in [4.69, 9.17) is 4.74 Å². The number of benzene rings is 1. The van der Waals surface area contributed by atoms with Crippen molar-refractivity contribution in [3.63, 3.8) is 0 Å². The molecule has 0 spiro atoms. The number of thioether (sulfide) groups is 1. The van der Waals surface area contributed by atoms with Gasteiger partial charge in [0.2, 0.25) is 17.7 Å². The molecule has 8 heteroatoms. The lowest BCUT2D eigenvalue weighted by Gasteiger charge is -2.26. The van der Waals surface area contributed by atoms with Crippen LogP contribution < -0.4 is 15.4 Å². The zero-order valence-corrected chi connectivity index (χ0v) is 19.7. The fraction of sp³-hybridized carbons (Fsp3) is 0.308. The number of hydrogen-bond acceptors (Lipinski definition) is 6. The summed E-state index contributed by atoms with van der Waals surface area (Å²) in [5.74, 6) is 1.46. The third-order valence-corrected chi connectivity index (χ3v) is 7.44. The Morgan fingerprint density at radius 3 is 2.85 bits per heavy atom. The van der Waals surface area contributed by atoms with Crippen LogP contribution in [0.2, 0.25) is 0 Å². The summed E-state index contributed by atoms with van der Waals surface area (Å²) in [5.41, 5.74) is 4.17. The van der Waals surface area contributed by atoms with Crippen LogP contribution in [0, 0.1) is 11.8 Å². The zero-order valence-electron chi connectivity index (χ0n) is 18.9. The molecule has 3 heterocycles. The first-order valence-corrected chi connectivity index (χ1v) is 12.4. The van der Waals surface area contributed by atoms with Crippen LogP contribution in [0.1, 0.15) is 31.2 Å². The van der Waals surface area contributed by atoms with Crippen molar-refractivity contribution < 1.29 is 14.3 Å². The lowest BCUT2D eigenvalue weighted by Crippen LogP contribution is -2.27.